The van der Waals surface area contributed by atoms with E-state index in [-0.39, 0.29) is 11.4 Å². The molecule has 0 unspecified atom stereocenters. The minimum atomic E-state index is -0.805. The van der Waals surface area contributed by atoms with E-state index in [1.54, 1.807) is 6.07 Å². The lowest BCUT2D eigenvalue weighted by atomic mass is 10.2. The summed E-state index contributed by atoms with van der Waals surface area (Å²) >= 11 is 0. The normalized spacial score (nSPS) is 10.4. The maximum atomic E-state index is 11.7. The van der Waals surface area contributed by atoms with Crippen LogP contribution in [0.1, 0.15) is 5.56 Å². The van der Waals surface area contributed by atoms with Crippen LogP contribution < -0.4 is 5.32 Å². The van der Waals surface area contributed by atoms with Gasteiger partial charge in [0.1, 0.15) is 0 Å². The molecule has 0 atom stereocenters. The number of carbonyl (C=O) groups excluding carboxylic acids is 2. The van der Waals surface area contributed by atoms with Gasteiger partial charge in [-0.15, -0.1) is 0 Å². The van der Waals surface area contributed by atoms with Crippen LogP contribution in [-0.2, 0) is 14.3 Å². The number of hydrogen-bond donors (Lipinski definition) is 1. The van der Waals surface area contributed by atoms with E-state index in [9.17, 15) is 29.8 Å². The van der Waals surface area contributed by atoms with Gasteiger partial charge in [0.25, 0.3) is 17.3 Å². The highest BCUT2D eigenvalue weighted by atomic mass is 16.6. The van der Waals surface area contributed by atoms with Crippen molar-refractivity contribution in [2.24, 2.45) is 0 Å². The molecule has 0 fully saturated rings. The highest BCUT2D eigenvalue weighted by Gasteiger charge is 2.09. The van der Waals surface area contributed by atoms with Crippen molar-refractivity contribution in [2.45, 2.75) is 0 Å². The number of non-ortho nitro benzene ring substituents is 2. The van der Waals surface area contributed by atoms with Crippen LogP contribution in [0.4, 0.5) is 17.1 Å². The Morgan fingerprint density at radius 1 is 1.00 bits per heavy atom. The largest absolute Gasteiger partial charge is 0.452 e. The first-order chi connectivity index (χ1) is 12.8. The number of nitrogens with zero attached hydrogens (tertiary/aromatic N) is 2. The van der Waals surface area contributed by atoms with Gasteiger partial charge in [-0.3, -0.25) is 25.0 Å². The van der Waals surface area contributed by atoms with Crippen LogP contribution in [0.2, 0.25) is 0 Å². The molecule has 2 aromatic carbocycles. The van der Waals surface area contributed by atoms with Crippen LogP contribution in [0, 0.1) is 20.2 Å². The lowest BCUT2D eigenvalue weighted by Gasteiger charge is -2.05. The van der Waals surface area contributed by atoms with Crippen LogP contribution in [0.25, 0.3) is 6.08 Å². The zero-order valence-electron chi connectivity index (χ0n) is 13.7. The van der Waals surface area contributed by atoms with Gasteiger partial charge in [0.2, 0.25) is 0 Å². The molecule has 1 amide bonds. The molecular formula is C17H13N3O7. The van der Waals surface area contributed by atoms with Gasteiger partial charge in [-0.2, -0.15) is 0 Å². The highest BCUT2D eigenvalue weighted by molar-refractivity contribution is 5.94. The topological polar surface area (TPSA) is 142 Å². The van der Waals surface area contributed by atoms with E-state index in [2.05, 4.69) is 5.32 Å². The Morgan fingerprint density at radius 2 is 1.67 bits per heavy atom. The van der Waals surface area contributed by atoms with Crippen molar-refractivity contribution in [3.8, 4) is 0 Å². The zero-order chi connectivity index (χ0) is 19.8. The molecule has 0 saturated carbocycles. The van der Waals surface area contributed by atoms with Crippen molar-refractivity contribution in [3.63, 3.8) is 0 Å². The van der Waals surface area contributed by atoms with Crippen molar-refractivity contribution in [1.29, 1.82) is 0 Å². The molecule has 0 aromatic heterocycles. The van der Waals surface area contributed by atoms with E-state index in [1.807, 2.05) is 0 Å². The number of anilines is 1. The van der Waals surface area contributed by atoms with Gasteiger partial charge in [-0.05, 0) is 23.8 Å². The van der Waals surface area contributed by atoms with Gasteiger partial charge < -0.3 is 10.1 Å². The Labute approximate surface area is 152 Å². The molecule has 0 aliphatic heterocycles. The third-order valence-corrected chi connectivity index (χ3v) is 3.20. The summed E-state index contributed by atoms with van der Waals surface area (Å²) in [5, 5.41) is 23.7. The number of rotatable bonds is 7. The number of ether oxygens (including phenoxy) is 1. The van der Waals surface area contributed by atoms with E-state index in [1.165, 1.54) is 48.5 Å². The number of amides is 1. The Kier molecular flexibility index (Phi) is 6.31. The molecule has 10 nitrogen and oxygen atoms in total. The summed E-state index contributed by atoms with van der Waals surface area (Å²) in [4.78, 5) is 43.4. The monoisotopic (exact) mass is 371 g/mol. The highest BCUT2D eigenvalue weighted by Crippen LogP contribution is 2.15. The standard InChI is InChI=1S/C17H13N3O7/c21-16(18-13-5-7-14(8-6-13)19(23)24)11-27-17(22)9-4-12-2-1-3-15(10-12)20(25)26/h1-10H,11H2,(H,18,21)/b9-4+. The minimum absolute atomic E-state index is 0.118. The van der Waals surface area contributed by atoms with E-state index in [0.717, 1.165) is 6.08 Å². The van der Waals surface area contributed by atoms with Crippen LogP contribution in [0.15, 0.2) is 54.6 Å². The number of hydrogen-bond acceptors (Lipinski definition) is 7. The van der Waals surface area contributed by atoms with Crippen molar-refractivity contribution >= 4 is 35.0 Å². The third-order valence-electron chi connectivity index (χ3n) is 3.20. The summed E-state index contributed by atoms with van der Waals surface area (Å²) in [7, 11) is 0. The quantitative estimate of drug-likeness (QED) is 0.341. The van der Waals surface area contributed by atoms with E-state index in [0.29, 0.717) is 11.3 Å². The molecule has 138 valence electrons. The molecule has 0 aliphatic carbocycles. The number of nitrogens with one attached hydrogen (secondary N) is 1. The van der Waals surface area contributed by atoms with Crippen molar-refractivity contribution in [3.05, 3.63) is 80.4 Å². The van der Waals surface area contributed by atoms with Gasteiger partial charge in [0.05, 0.1) is 9.85 Å². The molecule has 0 heterocycles. The summed E-state index contributed by atoms with van der Waals surface area (Å²) in [6.07, 6.45) is 2.36. The summed E-state index contributed by atoms with van der Waals surface area (Å²) in [5.74, 6) is -1.43. The molecule has 2 rings (SSSR count). The van der Waals surface area contributed by atoms with Crippen LogP contribution in [-0.4, -0.2) is 28.3 Å². The van der Waals surface area contributed by atoms with Crippen molar-refractivity contribution in [1.82, 2.24) is 0 Å². The predicted octanol–water partition coefficient (Wildman–Crippen LogP) is 2.70. The first kappa shape index (κ1) is 19.2. The van der Waals surface area contributed by atoms with Gasteiger partial charge >= 0.3 is 5.97 Å². The second-order valence-corrected chi connectivity index (χ2v) is 5.15. The Balaban J connectivity index is 1.84. The third kappa shape index (κ3) is 6.05. The molecule has 0 aliphatic rings. The van der Waals surface area contributed by atoms with Gasteiger partial charge in [-0.1, -0.05) is 12.1 Å². The van der Waals surface area contributed by atoms with Gasteiger partial charge in [0.15, 0.2) is 6.61 Å². The number of benzene rings is 2. The van der Waals surface area contributed by atoms with Crippen LogP contribution in [0.5, 0.6) is 0 Å². The first-order valence-electron chi connectivity index (χ1n) is 7.49. The number of carbonyl (C=O) groups is 2. The number of nitro groups is 2. The molecule has 0 spiro atoms. The second kappa shape index (κ2) is 8.85. The van der Waals surface area contributed by atoms with Gasteiger partial charge in [-0.25, -0.2) is 4.79 Å². The summed E-state index contributed by atoms with van der Waals surface area (Å²) in [6, 6.07) is 10.8. The van der Waals surface area contributed by atoms with E-state index in [4.69, 9.17) is 4.74 Å². The molecular weight excluding hydrogens is 358 g/mol. The molecule has 0 saturated heterocycles. The lowest BCUT2D eigenvalue weighted by molar-refractivity contribution is -0.385. The molecule has 2 aromatic rings. The Hall–Kier alpha value is -4.08. The fourth-order valence-corrected chi connectivity index (χ4v) is 1.95. The number of esters is 1. The lowest BCUT2D eigenvalue weighted by Crippen LogP contribution is -2.20. The number of nitro benzene ring substituents is 2. The maximum absolute atomic E-state index is 11.7. The molecule has 27 heavy (non-hydrogen) atoms. The predicted molar refractivity (Wildman–Crippen MR) is 94.8 cm³/mol. The summed E-state index contributed by atoms with van der Waals surface area (Å²) in [5.41, 5.74) is 0.504. The molecule has 0 radical (unpaired) electrons. The molecule has 10 heteroatoms. The zero-order valence-corrected chi connectivity index (χ0v) is 13.7. The van der Waals surface area contributed by atoms with Crippen LogP contribution in [0.3, 0.4) is 0 Å². The molecule has 0 bridgehead atoms. The SMILES string of the molecule is O=C(COC(=O)/C=C/c1cccc([N+](=O)[O-])c1)Nc1ccc([N+](=O)[O-])cc1. The van der Waals surface area contributed by atoms with Crippen LogP contribution >= 0.6 is 0 Å². The van der Waals surface area contributed by atoms with E-state index >= 15 is 0 Å². The van der Waals surface area contributed by atoms with Crippen molar-refractivity contribution in [2.75, 3.05) is 11.9 Å². The average molecular weight is 371 g/mol. The summed E-state index contributed by atoms with van der Waals surface area (Å²) in [6.45, 7) is -0.560. The Bertz CT molecular complexity index is 907. The summed E-state index contributed by atoms with van der Waals surface area (Å²) < 4.78 is 4.76. The maximum Gasteiger partial charge on any atom is 0.331 e. The van der Waals surface area contributed by atoms with E-state index < -0.39 is 28.3 Å². The van der Waals surface area contributed by atoms with Crippen molar-refractivity contribution < 1.29 is 24.2 Å². The minimum Gasteiger partial charge on any atom is -0.452 e. The first-order valence-corrected chi connectivity index (χ1v) is 7.49. The second-order valence-electron chi connectivity index (χ2n) is 5.15. The Morgan fingerprint density at radius 3 is 2.30 bits per heavy atom. The smallest absolute Gasteiger partial charge is 0.331 e. The average Bonchev–Trinajstić information content (AvgIpc) is 2.65. The fourth-order valence-electron chi connectivity index (χ4n) is 1.95. The van der Waals surface area contributed by atoms with Gasteiger partial charge in [0, 0.05) is 36.0 Å². The fraction of sp³-hybridized carbons (Fsp3) is 0.0588. The molecule has 1 N–H and O–H groups in total.